The van der Waals surface area contributed by atoms with Gasteiger partial charge in [0.05, 0.1) is 5.25 Å². The van der Waals surface area contributed by atoms with Gasteiger partial charge in [0.1, 0.15) is 0 Å². The van der Waals surface area contributed by atoms with Crippen molar-refractivity contribution in [1.29, 1.82) is 0 Å². The Morgan fingerprint density at radius 2 is 1.76 bits per heavy atom. The van der Waals surface area contributed by atoms with Gasteiger partial charge < -0.3 is 0 Å². The van der Waals surface area contributed by atoms with Gasteiger partial charge in [-0.25, -0.2) is 8.42 Å². The zero-order chi connectivity index (χ0) is 12.5. The molecule has 0 radical (unpaired) electrons. The molecule has 0 aromatic heterocycles. The second kappa shape index (κ2) is 5.11. The van der Waals surface area contributed by atoms with E-state index < -0.39 is 9.84 Å². The average molecular weight is 257 g/mol. The Kier molecular flexibility index (Phi) is 3.93. The molecule has 3 nitrogen and oxygen atoms in total. The number of sulfone groups is 1. The summed E-state index contributed by atoms with van der Waals surface area (Å²) in [4.78, 5) is 2.28. The fourth-order valence-electron chi connectivity index (χ4n) is 2.64. The number of nitrogens with zero attached hydrogens (tertiary/aromatic N) is 1. The molecule has 1 saturated heterocycles. The van der Waals surface area contributed by atoms with Crippen LogP contribution in [0.4, 0.5) is 0 Å². The van der Waals surface area contributed by atoms with Crippen LogP contribution in [-0.2, 0) is 9.84 Å². The summed E-state index contributed by atoms with van der Waals surface area (Å²) < 4.78 is 24.3. The molecule has 1 heterocycles. The summed E-state index contributed by atoms with van der Waals surface area (Å²) in [5.74, 6) is 0. The lowest BCUT2D eigenvalue weighted by atomic mass is 10.0. The summed E-state index contributed by atoms with van der Waals surface area (Å²) in [5.41, 5.74) is 1.09. The molecule has 0 bridgehead atoms. The maximum absolute atomic E-state index is 12.2. The number of hydrogen-bond donors (Lipinski definition) is 0. The molecule has 98 valence electrons. The van der Waals surface area contributed by atoms with Crippen molar-refractivity contribution < 1.29 is 8.42 Å². The first kappa shape index (κ1) is 13.1. The minimum atomic E-state index is -2.98. The van der Waals surface area contributed by atoms with Gasteiger partial charge in [0.25, 0.3) is 0 Å². The molecule has 4 heteroatoms. The van der Waals surface area contributed by atoms with E-state index in [1.165, 1.54) is 6.42 Å². The van der Waals surface area contributed by atoms with Crippen molar-refractivity contribution >= 4 is 9.84 Å². The number of hydrogen-bond acceptors (Lipinski definition) is 3. The highest BCUT2D eigenvalue weighted by Gasteiger charge is 2.29. The molecule has 0 N–H and O–H groups in total. The first-order valence-electron chi connectivity index (χ1n) is 6.66. The van der Waals surface area contributed by atoms with Crippen LogP contribution in [0.1, 0.15) is 46.0 Å². The van der Waals surface area contributed by atoms with Gasteiger partial charge in [0.2, 0.25) is 0 Å². The van der Waals surface area contributed by atoms with Crippen LogP contribution in [0.2, 0.25) is 0 Å². The Morgan fingerprint density at radius 3 is 2.29 bits per heavy atom. The summed E-state index contributed by atoms with van der Waals surface area (Å²) in [6.07, 6.45) is 5.07. The smallest absolute Gasteiger partial charge is 0.174 e. The van der Waals surface area contributed by atoms with E-state index in [0.29, 0.717) is 6.04 Å². The van der Waals surface area contributed by atoms with Crippen LogP contribution in [0.5, 0.6) is 0 Å². The zero-order valence-electron chi connectivity index (χ0n) is 10.9. The Hall–Kier alpha value is -0.350. The monoisotopic (exact) mass is 257 g/mol. The van der Waals surface area contributed by atoms with Crippen LogP contribution in [0.3, 0.4) is 0 Å². The number of rotatable bonds is 3. The van der Waals surface area contributed by atoms with Gasteiger partial charge in [-0.1, -0.05) is 19.3 Å². The molecule has 2 fully saturated rings. The second-order valence-electron chi connectivity index (χ2n) is 5.62. The van der Waals surface area contributed by atoms with Gasteiger partial charge in [-0.2, -0.15) is 0 Å². The molecule has 1 aliphatic heterocycles. The van der Waals surface area contributed by atoms with E-state index in [4.69, 9.17) is 0 Å². The van der Waals surface area contributed by atoms with E-state index in [0.717, 1.165) is 44.3 Å². The van der Waals surface area contributed by atoms with E-state index in [2.05, 4.69) is 18.7 Å². The molecule has 0 spiro atoms. The van der Waals surface area contributed by atoms with Gasteiger partial charge >= 0.3 is 0 Å². The lowest BCUT2D eigenvalue weighted by molar-refractivity contribution is 0.199. The normalized spacial score (nSPS) is 23.8. The van der Waals surface area contributed by atoms with Crippen LogP contribution in [0.15, 0.2) is 11.0 Å². The Morgan fingerprint density at radius 1 is 1.18 bits per heavy atom. The maximum atomic E-state index is 12.2. The molecule has 0 unspecified atom stereocenters. The van der Waals surface area contributed by atoms with Gasteiger partial charge in [-0.15, -0.1) is 0 Å². The predicted octanol–water partition coefficient (Wildman–Crippen LogP) is 2.34. The standard InChI is InChI=1S/C13H23NO2S/c1-11(2)14-8-12(9-14)10-17(15,16)13-6-4-3-5-7-13/h10-11,13H,3-9H2,1-2H3. The zero-order valence-corrected chi connectivity index (χ0v) is 11.7. The van der Waals surface area contributed by atoms with Crippen LogP contribution >= 0.6 is 0 Å². The molecular formula is C13H23NO2S. The molecule has 17 heavy (non-hydrogen) atoms. The quantitative estimate of drug-likeness (QED) is 0.779. The lowest BCUT2D eigenvalue weighted by Crippen LogP contribution is -2.45. The molecule has 2 rings (SSSR count). The molecule has 1 aliphatic carbocycles. The van der Waals surface area contributed by atoms with Crippen LogP contribution in [0.25, 0.3) is 0 Å². The first-order chi connectivity index (χ1) is 7.99. The van der Waals surface area contributed by atoms with Gasteiger partial charge in [-0.05, 0) is 32.3 Å². The fraction of sp³-hybridized carbons (Fsp3) is 0.846. The fourth-order valence-corrected chi connectivity index (χ4v) is 4.43. The van der Waals surface area contributed by atoms with Crippen molar-refractivity contribution in [2.24, 2.45) is 0 Å². The Labute approximate surface area is 105 Å². The van der Waals surface area contributed by atoms with Gasteiger partial charge in [0.15, 0.2) is 9.84 Å². The van der Waals surface area contributed by atoms with E-state index in [1.54, 1.807) is 5.41 Å². The highest BCUT2D eigenvalue weighted by atomic mass is 32.2. The maximum Gasteiger partial charge on any atom is 0.174 e. The summed E-state index contributed by atoms with van der Waals surface area (Å²) in [6, 6.07) is 0.518. The average Bonchev–Trinajstić information content (AvgIpc) is 2.24. The van der Waals surface area contributed by atoms with Crippen molar-refractivity contribution in [2.75, 3.05) is 13.1 Å². The summed E-state index contributed by atoms with van der Waals surface area (Å²) in [7, 11) is -2.98. The summed E-state index contributed by atoms with van der Waals surface area (Å²) in [6.45, 7) is 5.96. The van der Waals surface area contributed by atoms with E-state index in [-0.39, 0.29) is 5.25 Å². The van der Waals surface area contributed by atoms with Crippen molar-refractivity contribution in [3.8, 4) is 0 Å². The topological polar surface area (TPSA) is 37.4 Å². The van der Waals surface area contributed by atoms with Gasteiger partial charge in [0, 0.05) is 24.5 Å². The molecule has 0 aromatic rings. The van der Waals surface area contributed by atoms with Crippen LogP contribution < -0.4 is 0 Å². The summed E-state index contributed by atoms with van der Waals surface area (Å²) in [5, 5.41) is 1.47. The third-order valence-electron chi connectivity index (χ3n) is 3.89. The van der Waals surface area contributed by atoms with Crippen molar-refractivity contribution in [2.45, 2.75) is 57.2 Å². The summed E-state index contributed by atoms with van der Waals surface area (Å²) >= 11 is 0. The van der Waals surface area contributed by atoms with Crippen molar-refractivity contribution in [3.63, 3.8) is 0 Å². The largest absolute Gasteiger partial charge is 0.293 e. The van der Waals surface area contributed by atoms with E-state index in [9.17, 15) is 8.42 Å². The van der Waals surface area contributed by atoms with Crippen molar-refractivity contribution in [1.82, 2.24) is 4.90 Å². The highest BCUT2D eigenvalue weighted by molar-refractivity contribution is 7.94. The minimum absolute atomic E-state index is 0.100. The molecule has 1 saturated carbocycles. The second-order valence-corrected chi connectivity index (χ2v) is 7.70. The minimum Gasteiger partial charge on any atom is -0.293 e. The number of likely N-dealkylation sites (tertiary alicyclic amines) is 1. The Balaban J connectivity index is 1.96. The molecule has 0 aromatic carbocycles. The highest BCUT2D eigenvalue weighted by Crippen LogP contribution is 2.27. The lowest BCUT2D eigenvalue weighted by Gasteiger charge is -2.37. The van der Waals surface area contributed by atoms with Crippen LogP contribution in [-0.4, -0.2) is 37.7 Å². The van der Waals surface area contributed by atoms with Crippen molar-refractivity contribution in [3.05, 3.63) is 11.0 Å². The molecular weight excluding hydrogens is 234 g/mol. The molecule has 0 amide bonds. The third kappa shape index (κ3) is 3.10. The van der Waals surface area contributed by atoms with Gasteiger partial charge in [-0.3, -0.25) is 4.90 Å². The third-order valence-corrected chi connectivity index (χ3v) is 5.95. The Bertz CT molecular complexity index is 384. The SMILES string of the molecule is CC(C)N1CC(=CS(=O)(=O)C2CCCCC2)C1. The molecule has 0 atom stereocenters. The van der Waals surface area contributed by atoms with E-state index in [1.807, 2.05) is 0 Å². The predicted molar refractivity (Wildman–Crippen MR) is 70.6 cm³/mol. The van der Waals surface area contributed by atoms with Crippen LogP contribution in [0, 0.1) is 0 Å². The first-order valence-corrected chi connectivity index (χ1v) is 8.27. The van der Waals surface area contributed by atoms with E-state index >= 15 is 0 Å². The molecule has 2 aliphatic rings.